The molecule has 2 aromatic rings. The molecule has 120 valence electrons. The van der Waals surface area contributed by atoms with Crippen LogP contribution in [-0.2, 0) is 27.8 Å². The van der Waals surface area contributed by atoms with Crippen molar-refractivity contribution >= 4 is 21.8 Å². The highest BCUT2D eigenvalue weighted by Gasteiger charge is 2.35. The molecular formula is C15H15N3O4S. The number of hydrogen-bond acceptors (Lipinski definition) is 5. The number of nitrogens with zero attached hydrogens (tertiary/aromatic N) is 2. The van der Waals surface area contributed by atoms with Crippen molar-refractivity contribution in [3.63, 3.8) is 0 Å². The first-order valence-corrected chi connectivity index (χ1v) is 8.44. The van der Waals surface area contributed by atoms with Gasteiger partial charge in [0.1, 0.15) is 12.3 Å². The minimum atomic E-state index is -3.91. The zero-order valence-electron chi connectivity index (χ0n) is 12.1. The zero-order valence-corrected chi connectivity index (χ0v) is 13.0. The summed E-state index contributed by atoms with van der Waals surface area (Å²) < 4.78 is 26.3. The number of rotatable bonds is 4. The third kappa shape index (κ3) is 3.26. The summed E-state index contributed by atoms with van der Waals surface area (Å²) in [6.07, 6.45) is 4.93. The van der Waals surface area contributed by atoms with Crippen LogP contribution in [0, 0.1) is 0 Å². The number of anilines is 1. The monoisotopic (exact) mass is 333 g/mol. The number of aromatic hydroxyl groups is 1. The van der Waals surface area contributed by atoms with Crippen molar-refractivity contribution in [2.24, 2.45) is 0 Å². The van der Waals surface area contributed by atoms with Gasteiger partial charge in [0.15, 0.2) is 0 Å². The smallest absolute Gasteiger partial charge is 0.326 e. The number of amides is 1. The lowest BCUT2D eigenvalue weighted by molar-refractivity contribution is -0.117. The van der Waals surface area contributed by atoms with Gasteiger partial charge >= 0.3 is 10.2 Å². The first-order valence-electron chi connectivity index (χ1n) is 7.00. The molecule has 1 aliphatic heterocycles. The van der Waals surface area contributed by atoms with Crippen LogP contribution in [0.4, 0.5) is 5.69 Å². The lowest BCUT2D eigenvalue weighted by atomic mass is 10.0. The molecule has 7 nitrogen and oxygen atoms in total. The van der Waals surface area contributed by atoms with Gasteiger partial charge in [-0.15, -0.1) is 0 Å². The lowest BCUT2D eigenvalue weighted by Gasteiger charge is -2.16. The Balaban J connectivity index is 1.77. The first kappa shape index (κ1) is 15.3. The van der Waals surface area contributed by atoms with Crippen LogP contribution in [0.25, 0.3) is 0 Å². The van der Waals surface area contributed by atoms with Crippen LogP contribution in [0.1, 0.15) is 11.1 Å². The van der Waals surface area contributed by atoms with Crippen LogP contribution >= 0.6 is 0 Å². The van der Waals surface area contributed by atoms with Gasteiger partial charge in [0.25, 0.3) is 5.91 Å². The van der Waals surface area contributed by atoms with Crippen LogP contribution in [0.5, 0.6) is 5.75 Å². The molecule has 1 aliphatic rings. The van der Waals surface area contributed by atoms with Gasteiger partial charge in [-0.2, -0.15) is 8.42 Å². The number of hydrogen-bond donors (Lipinski definition) is 2. The molecular weight excluding hydrogens is 318 g/mol. The molecule has 0 aliphatic carbocycles. The number of pyridine rings is 1. The molecule has 8 heteroatoms. The fourth-order valence-corrected chi connectivity index (χ4v) is 3.59. The number of carbonyl (C=O) groups is 1. The molecule has 0 bridgehead atoms. The summed E-state index contributed by atoms with van der Waals surface area (Å²) in [6.45, 7) is -0.328. The minimum absolute atomic E-state index is 0.0912. The molecule has 0 radical (unpaired) electrons. The third-order valence-electron chi connectivity index (χ3n) is 3.55. The summed E-state index contributed by atoms with van der Waals surface area (Å²) >= 11 is 0. The van der Waals surface area contributed by atoms with E-state index in [1.165, 1.54) is 12.1 Å². The maximum atomic E-state index is 11.8. The number of aryl methyl sites for hydroxylation is 2. The highest BCUT2D eigenvalue weighted by molar-refractivity contribution is 7.92. The van der Waals surface area contributed by atoms with Crippen LogP contribution < -0.4 is 9.03 Å². The number of benzene rings is 1. The molecule has 2 N–H and O–H groups in total. The summed E-state index contributed by atoms with van der Waals surface area (Å²) in [5.41, 5.74) is 2.03. The molecule has 0 atom stereocenters. The van der Waals surface area contributed by atoms with E-state index in [1.54, 1.807) is 18.5 Å². The molecule has 0 saturated carbocycles. The number of aromatic nitrogens is 1. The van der Waals surface area contributed by atoms with Crippen LogP contribution in [0.2, 0.25) is 0 Å². The summed E-state index contributed by atoms with van der Waals surface area (Å²) in [7, 11) is -3.91. The number of phenols is 1. The summed E-state index contributed by atoms with van der Waals surface area (Å²) in [5, 5.41) is 10.1. The molecule has 1 fully saturated rings. The van der Waals surface area contributed by atoms with Gasteiger partial charge in [0.05, 0.1) is 5.69 Å². The van der Waals surface area contributed by atoms with E-state index >= 15 is 0 Å². The highest BCUT2D eigenvalue weighted by atomic mass is 32.2. The summed E-state index contributed by atoms with van der Waals surface area (Å²) in [6, 6.07) is 8.59. The highest BCUT2D eigenvalue weighted by Crippen LogP contribution is 2.31. The van der Waals surface area contributed by atoms with Crippen LogP contribution in [0.3, 0.4) is 0 Å². The average Bonchev–Trinajstić information content (AvgIpc) is 2.79. The third-order valence-corrected chi connectivity index (χ3v) is 4.95. The Morgan fingerprint density at radius 3 is 2.61 bits per heavy atom. The molecule has 1 aromatic carbocycles. The van der Waals surface area contributed by atoms with E-state index in [9.17, 15) is 18.3 Å². The second-order valence-corrected chi connectivity index (χ2v) is 6.82. The molecule has 0 unspecified atom stereocenters. The van der Waals surface area contributed by atoms with Crippen molar-refractivity contribution in [3.8, 4) is 5.75 Å². The van der Waals surface area contributed by atoms with Gasteiger partial charge in [-0.1, -0.05) is 12.1 Å². The van der Waals surface area contributed by atoms with Crippen molar-refractivity contribution in [1.82, 2.24) is 9.71 Å². The van der Waals surface area contributed by atoms with Crippen LogP contribution in [-0.4, -0.2) is 31.0 Å². The maximum Gasteiger partial charge on any atom is 0.326 e. The Labute approximate surface area is 133 Å². The summed E-state index contributed by atoms with van der Waals surface area (Å²) in [4.78, 5) is 15.3. The van der Waals surface area contributed by atoms with Gasteiger partial charge in [-0.3, -0.25) is 9.78 Å². The average molecular weight is 333 g/mol. The number of phenolic OH excluding ortho intramolecular Hbond substituents is 1. The first-order chi connectivity index (χ1) is 11.0. The van der Waals surface area contributed by atoms with E-state index in [4.69, 9.17) is 0 Å². The second kappa shape index (κ2) is 5.88. The van der Waals surface area contributed by atoms with E-state index in [-0.39, 0.29) is 18.0 Å². The summed E-state index contributed by atoms with van der Waals surface area (Å²) in [5.74, 6) is -0.793. The molecule has 1 saturated heterocycles. The zero-order chi connectivity index (χ0) is 16.4. The Kier molecular flexibility index (Phi) is 3.91. The van der Waals surface area contributed by atoms with Crippen molar-refractivity contribution in [2.75, 3.05) is 10.8 Å². The standard InChI is InChI=1S/C15H15N3O4S/c19-14-8-11(3-4-12-2-1-7-16-9-12)5-6-13(14)18-10-15(20)17-23(18,21)22/h1-2,5-9,19H,3-4,10H2,(H,17,20). The number of nitrogens with one attached hydrogen (secondary N) is 1. The van der Waals surface area contributed by atoms with Crippen molar-refractivity contribution in [1.29, 1.82) is 0 Å². The predicted octanol–water partition coefficient (Wildman–Crippen LogP) is 0.753. The Bertz CT molecular complexity index is 837. The maximum absolute atomic E-state index is 11.8. The topological polar surface area (TPSA) is 99.6 Å². The van der Waals surface area contributed by atoms with Gasteiger partial charge in [-0.05, 0) is 42.2 Å². The predicted molar refractivity (Wildman–Crippen MR) is 84.2 cm³/mol. The van der Waals surface area contributed by atoms with Gasteiger partial charge < -0.3 is 5.11 Å². The minimum Gasteiger partial charge on any atom is -0.506 e. The molecule has 23 heavy (non-hydrogen) atoms. The Morgan fingerprint density at radius 2 is 2.00 bits per heavy atom. The Morgan fingerprint density at radius 1 is 1.22 bits per heavy atom. The van der Waals surface area contributed by atoms with Gasteiger partial charge in [0, 0.05) is 12.4 Å². The van der Waals surface area contributed by atoms with E-state index < -0.39 is 16.1 Å². The Hall–Kier alpha value is -2.61. The number of carbonyl (C=O) groups excluding carboxylic acids is 1. The van der Waals surface area contributed by atoms with E-state index in [0.29, 0.717) is 6.42 Å². The van der Waals surface area contributed by atoms with E-state index in [2.05, 4.69) is 4.98 Å². The fourth-order valence-electron chi connectivity index (χ4n) is 2.43. The molecule has 2 heterocycles. The normalized spacial score (nSPS) is 16.3. The van der Waals surface area contributed by atoms with Crippen molar-refractivity contribution in [2.45, 2.75) is 12.8 Å². The SMILES string of the molecule is O=C1CN(c2ccc(CCc3cccnc3)cc2O)S(=O)(=O)N1. The fraction of sp³-hybridized carbons (Fsp3) is 0.200. The largest absolute Gasteiger partial charge is 0.506 e. The van der Waals surface area contributed by atoms with E-state index in [1.807, 2.05) is 16.9 Å². The van der Waals surface area contributed by atoms with Crippen molar-refractivity contribution in [3.05, 3.63) is 53.9 Å². The van der Waals surface area contributed by atoms with Crippen LogP contribution in [0.15, 0.2) is 42.7 Å². The molecule has 0 spiro atoms. The molecule has 3 rings (SSSR count). The van der Waals surface area contributed by atoms with Crippen molar-refractivity contribution < 1.29 is 18.3 Å². The lowest BCUT2D eigenvalue weighted by Crippen LogP contribution is -2.29. The quantitative estimate of drug-likeness (QED) is 0.860. The van der Waals surface area contributed by atoms with Gasteiger partial charge in [-0.25, -0.2) is 9.03 Å². The molecule has 1 amide bonds. The van der Waals surface area contributed by atoms with E-state index in [0.717, 1.165) is 21.9 Å². The second-order valence-electron chi connectivity index (χ2n) is 5.22. The molecule has 1 aromatic heterocycles. The van der Waals surface area contributed by atoms with Gasteiger partial charge in [0.2, 0.25) is 0 Å².